The molecule has 5 nitrogen and oxygen atoms in total. The highest BCUT2D eigenvalue weighted by Gasteiger charge is 2.43. The average Bonchev–Trinajstić information content (AvgIpc) is 3.26. The van der Waals surface area contributed by atoms with Crippen molar-refractivity contribution in [3.63, 3.8) is 0 Å². The van der Waals surface area contributed by atoms with Crippen LogP contribution in [0.1, 0.15) is 89.4 Å². The van der Waals surface area contributed by atoms with E-state index in [1.807, 2.05) is 39.0 Å². The minimum atomic E-state index is -0.619. The molecule has 0 amide bonds. The summed E-state index contributed by atoms with van der Waals surface area (Å²) in [5.41, 5.74) is 3.94. The fourth-order valence-corrected chi connectivity index (χ4v) is 5.89. The van der Waals surface area contributed by atoms with Crippen molar-refractivity contribution < 1.29 is 24.1 Å². The number of rotatable bonds is 9. The summed E-state index contributed by atoms with van der Waals surface area (Å²) in [6, 6.07) is 6.02. The van der Waals surface area contributed by atoms with Crippen LogP contribution in [-0.2, 0) is 14.2 Å². The predicted octanol–water partition coefficient (Wildman–Crippen LogP) is 7.45. The Bertz CT molecular complexity index is 1070. The normalized spacial score (nSPS) is 26.8. The molecule has 0 saturated carbocycles. The van der Waals surface area contributed by atoms with E-state index in [4.69, 9.17) is 18.9 Å². The summed E-state index contributed by atoms with van der Waals surface area (Å²) < 4.78 is 24.8. The Kier molecular flexibility index (Phi) is 9.91. The molecule has 0 bridgehead atoms. The lowest BCUT2D eigenvalue weighted by Gasteiger charge is -2.45. The predicted molar refractivity (Wildman–Crippen MR) is 152 cm³/mol. The van der Waals surface area contributed by atoms with E-state index in [1.165, 1.54) is 5.57 Å². The molecule has 3 aliphatic rings. The first-order valence-electron chi connectivity index (χ1n) is 14.4. The van der Waals surface area contributed by atoms with Crippen molar-refractivity contribution in [1.82, 2.24) is 0 Å². The maximum Gasteiger partial charge on any atom is 0.122 e. The van der Waals surface area contributed by atoms with Crippen molar-refractivity contribution >= 4 is 0 Å². The van der Waals surface area contributed by atoms with Crippen LogP contribution >= 0.6 is 0 Å². The molecule has 0 radical (unpaired) electrons. The molecule has 38 heavy (non-hydrogen) atoms. The van der Waals surface area contributed by atoms with Crippen molar-refractivity contribution in [1.29, 1.82) is 0 Å². The smallest absolute Gasteiger partial charge is 0.122 e. The van der Waals surface area contributed by atoms with Gasteiger partial charge in [0, 0.05) is 19.4 Å². The van der Waals surface area contributed by atoms with Gasteiger partial charge in [0.1, 0.15) is 17.6 Å². The highest BCUT2D eigenvalue weighted by molar-refractivity contribution is 5.39. The number of allylic oxidation sites excluding steroid dienone is 4. The Labute approximate surface area is 229 Å². The molecule has 4 atom stereocenters. The van der Waals surface area contributed by atoms with E-state index in [1.54, 1.807) is 7.11 Å². The van der Waals surface area contributed by atoms with Crippen LogP contribution < -0.4 is 4.74 Å². The van der Waals surface area contributed by atoms with Crippen LogP contribution in [0.3, 0.4) is 0 Å². The van der Waals surface area contributed by atoms with Crippen LogP contribution in [0.2, 0.25) is 0 Å². The summed E-state index contributed by atoms with van der Waals surface area (Å²) in [5.74, 6) is 1.73. The van der Waals surface area contributed by atoms with Gasteiger partial charge in [0.05, 0.1) is 31.0 Å². The molecule has 1 spiro atoms. The van der Waals surface area contributed by atoms with Crippen molar-refractivity contribution in [2.75, 3.05) is 13.7 Å². The maximum absolute atomic E-state index is 11.4. The molecular formula is C33H46O5. The number of benzene rings is 1. The summed E-state index contributed by atoms with van der Waals surface area (Å²) in [6.45, 7) is 9.02. The monoisotopic (exact) mass is 522 g/mol. The first-order chi connectivity index (χ1) is 18.3. The van der Waals surface area contributed by atoms with Gasteiger partial charge < -0.3 is 24.1 Å². The Morgan fingerprint density at radius 2 is 2.03 bits per heavy atom. The van der Waals surface area contributed by atoms with Crippen molar-refractivity contribution in [3.8, 4) is 5.75 Å². The molecule has 1 heterocycles. The van der Waals surface area contributed by atoms with E-state index in [9.17, 15) is 5.11 Å². The zero-order chi connectivity index (χ0) is 27.1. The van der Waals surface area contributed by atoms with Gasteiger partial charge >= 0.3 is 0 Å². The first-order valence-corrected chi connectivity index (χ1v) is 14.4. The molecule has 1 aliphatic heterocycles. The largest absolute Gasteiger partial charge is 0.497 e. The van der Waals surface area contributed by atoms with E-state index in [-0.39, 0.29) is 23.9 Å². The number of aliphatic hydroxyl groups excluding tert-OH is 1. The molecule has 1 aromatic carbocycles. The van der Waals surface area contributed by atoms with E-state index in [2.05, 4.69) is 37.3 Å². The standard InChI is InChI=1S/C33H46O5/c1-6-18-36-29-21-31(26-10-7-8-12-28(20-26)35-5)38-33(22-29)16-9-11-25(15-17-33)32(34)27-13-14-30(24(4)19-27)37-23(2)3/h8,10-14,19-20,23,29,31-32,34H,6-7,9,15-18,21-22H2,1-5H3. The van der Waals surface area contributed by atoms with Crippen molar-refractivity contribution in [2.24, 2.45) is 0 Å². The molecule has 208 valence electrons. The van der Waals surface area contributed by atoms with Gasteiger partial charge in [-0.05, 0) is 106 Å². The van der Waals surface area contributed by atoms with Gasteiger partial charge in [-0.2, -0.15) is 0 Å². The zero-order valence-electron chi connectivity index (χ0n) is 23.9. The van der Waals surface area contributed by atoms with E-state index < -0.39 is 6.10 Å². The molecule has 1 N–H and O–H groups in total. The third-order valence-electron chi connectivity index (χ3n) is 7.82. The molecule has 1 saturated heterocycles. The molecule has 0 aromatic heterocycles. The number of aliphatic hydroxyl groups is 1. The summed E-state index contributed by atoms with van der Waals surface area (Å²) in [4.78, 5) is 0. The Morgan fingerprint density at radius 1 is 1.18 bits per heavy atom. The molecule has 2 aliphatic carbocycles. The number of ether oxygens (including phenoxy) is 4. The SMILES string of the molecule is CCCOC1CC(C2=CCC=CC(OC)=C2)OC2(CCC=C(C(O)c3ccc(OC(C)C)c(C)c3)CC2)C1. The van der Waals surface area contributed by atoms with Gasteiger partial charge in [-0.15, -0.1) is 0 Å². The van der Waals surface area contributed by atoms with Crippen molar-refractivity contribution in [3.05, 3.63) is 76.6 Å². The fraction of sp³-hybridized carbons (Fsp3) is 0.576. The minimum absolute atomic E-state index is 0.0294. The summed E-state index contributed by atoms with van der Waals surface area (Å²) in [6.07, 6.45) is 17.5. The molecule has 1 fully saturated rings. The van der Waals surface area contributed by atoms with Crippen LogP contribution in [0.15, 0.2) is 65.5 Å². The van der Waals surface area contributed by atoms with E-state index >= 15 is 0 Å². The van der Waals surface area contributed by atoms with Crippen LogP contribution in [-0.4, -0.2) is 42.7 Å². The average molecular weight is 523 g/mol. The number of aryl methyl sites for hydroxylation is 1. The van der Waals surface area contributed by atoms with Gasteiger partial charge in [0.25, 0.3) is 0 Å². The minimum Gasteiger partial charge on any atom is -0.497 e. The third kappa shape index (κ3) is 7.19. The van der Waals surface area contributed by atoms with Crippen LogP contribution in [0, 0.1) is 6.92 Å². The third-order valence-corrected chi connectivity index (χ3v) is 7.82. The summed E-state index contributed by atoms with van der Waals surface area (Å²) in [7, 11) is 1.71. The summed E-state index contributed by atoms with van der Waals surface area (Å²) in [5, 5.41) is 11.4. The Hall–Kier alpha value is -2.34. The topological polar surface area (TPSA) is 57.2 Å². The quantitative estimate of drug-likeness (QED) is 0.342. The van der Waals surface area contributed by atoms with Crippen LogP contribution in [0.25, 0.3) is 0 Å². The van der Waals surface area contributed by atoms with Gasteiger partial charge in [0.15, 0.2) is 0 Å². The summed E-state index contributed by atoms with van der Waals surface area (Å²) >= 11 is 0. The second kappa shape index (κ2) is 13.1. The first kappa shape index (κ1) is 28.7. The Morgan fingerprint density at radius 3 is 2.76 bits per heavy atom. The van der Waals surface area contributed by atoms with Gasteiger partial charge in [-0.25, -0.2) is 0 Å². The lowest BCUT2D eigenvalue weighted by atomic mass is 9.81. The van der Waals surface area contributed by atoms with E-state index in [0.29, 0.717) is 0 Å². The van der Waals surface area contributed by atoms with Crippen LogP contribution in [0.4, 0.5) is 0 Å². The van der Waals surface area contributed by atoms with Crippen LogP contribution in [0.5, 0.6) is 5.75 Å². The second-order valence-corrected chi connectivity index (χ2v) is 11.2. The maximum atomic E-state index is 11.4. The Balaban J connectivity index is 1.50. The molecule has 4 unspecified atom stereocenters. The fourth-order valence-electron chi connectivity index (χ4n) is 5.89. The second-order valence-electron chi connectivity index (χ2n) is 11.2. The highest BCUT2D eigenvalue weighted by atomic mass is 16.5. The molecule has 1 aromatic rings. The molecule has 5 heteroatoms. The molecular weight excluding hydrogens is 476 g/mol. The number of hydrogen-bond acceptors (Lipinski definition) is 5. The number of hydrogen-bond donors (Lipinski definition) is 1. The lowest BCUT2D eigenvalue weighted by Crippen LogP contribution is -2.47. The number of methoxy groups -OCH3 is 1. The molecule has 4 rings (SSSR count). The lowest BCUT2D eigenvalue weighted by molar-refractivity contribution is -0.166. The van der Waals surface area contributed by atoms with Crippen molar-refractivity contribution in [2.45, 2.75) is 109 Å². The van der Waals surface area contributed by atoms with Gasteiger partial charge in [0.2, 0.25) is 0 Å². The zero-order valence-corrected chi connectivity index (χ0v) is 23.9. The van der Waals surface area contributed by atoms with Gasteiger partial charge in [-0.1, -0.05) is 31.2 Å². The van der Waals surface area contributed by atoms with Gasteiger partial charge in [-0.3, -0.25) is 0 Å². The van der Waals surface area contributed by atoms with E-state index in [0.717, 1.165) is 86.2 Å². The highest BCUT2D eigenvalue weighted by Crippen LogP contribution is 2.44.